The van der Waals surface area contributed by atoms with Crippen LogP contribution in [0.3, 0.4) is 0 Å². The fraction of sp³-hybridized carbons (Fsp3) is 0.241. The number of carbonyl (C=O) groups excluding carboxylic acids is 1. The molecule has 1 atom stereocenters. The van der Waals surface area contributed by atoms with Crippen molar-refractivity contribution in [1.82, 2.24) is 9.99 Å². The number of hydrogen-bond acceptors (Lipinski definition) is 3. The summed E-state index contributed by atoms with van der Waals surface area (Å²) in [5.74, 6) is 0.882. The van der Waals surface area contributed by atoms with Crippen LogP contribution < -0.4 is 10.2 Å². The summed E-state index contributed by atoms with van der Waals surface area (Å²) in [6, 6.07) is 26.5. The number of fused-ring (bicyclic) bond motifs is 1. The second kappa shape index (κ2) is 10.8. The van der Waals surface area contributed by atoms with Crippen LogP contribution in [-0.2, 0) is 11.3 Å². The summed E-state index contributed by atoms with van der Waals surface area (Å²) in [7, 11) is 0. The first-order chi connectivity index (χ1) is 16.6. The molecule has 34 heavy (non-hydrogen) atoms. The van der Waals surface area contributed by atoms with Gasteiger partial charge in [-0.3, -0.25) is 4.79 Å². The first-order valence-electron chi connectivity index (χ1n) is 11.7. The molecule has 4 aromatic rings. The molecule has 1 unspecified atom stereocenters. The summed E-state index contributed by atoms with van der Waals surface area (Å²) >= 11 is 0. The van der Waals surface area contributed by atoms with Gasteiger partial charge in [0.05, 0.1) is 6.21 Å². The maximum Gasteiger partial charge on any atom is 0.277 e. The number of nitrogens with one attached hydrogen (secondary N) is 1. The Morgan fingerprint density at radius 2 is 1.74 bits per heavy atom. The maximum absolute atomic E-state index is 12.3. The molecule has 1 aromatic heterocycles. The quantitative estimate of drug-likeness (QED) is 0.248. The van der Waals surface area contributed by atoms with E-state index in [-0.39, 0.29) is 12.5 Å². The van der Waals surface area contributed by atoms with Gasteiger partial charge < -0.3 is 9.30 Å². The number of benzene rings is 3. The molecule has 174 valence electrons. The molecule has 0 bridgehead atoms. The van der Waals surface area contributed by atoms with Crippen LogP contribution in [0.2, 0.25) is 0 Å². The fourth-order valence-electron chi connectivity index (χ4n) is 4.07. The van der Waals surface area contributed by atoms with Gasteiger partial charge in [0.1, 0.15) is 5.75 Å². The lowest BCUT2D eigenvalue weighted by atomic mass is 9.99. The summed E-state index contributed by atoms with van der Waals surface area (Å²) in [6.45, 7) is 7.13. The Bertz CT molecular complexity index is 1270. The lowest BCUT2D eigenvalue weighted by molar-refractivity contribution is -0.123. The molecule has 0 saturated carbocycles. The van der Waals surface area contributed by atoms with Gasteiger partial charge in [-0.25, -0.2) is 5.43 Å². The highest BCUT2D eigenvalue weighted by Crippen LogP contribution is 2.25. The predicted molar refractivity (Wildman–Crippen MR) is 139 cm³/mol. The van der Waals surface area contributed by atoms with Crippen LogP contribution in [-0.4, -0.2) is 23.3 Å². The van der Waals surface area contributed by atoms with Crippen molar-refractivity contribution < 1.29 is 9.53 Å². The topological polar surface area (TPSA) is 55.6 Å². The highest BCUT2D eigenvalue weighted by Gasteiger charge is 2.13. The van der Waals surface area contributed by atoms with Gasteiger partial charge in [0.25, 0.3) is 5.91 Å². The predicted octanol–water partition coefficient (Wildman–Crippen LogP) is 6.04. The van der Waals surface area contributed by atoms with Gasteiger partial charge in [-0.2, -0.15) is 5.10 Å². The standard InChI is InChI=1S/C29H31N3O2/c1-4-21(2)24-14-16-25(17-15-24)34-20-29(33)31-30-18-27-22(3)32(19-23-10-6-5-7-11-23)28-13-9-8-12-26(27)28/h5-18,21H,4,19-20H2,1-3H3,(H,31,33)/b30-18+. The zero-order valence-electron chi connectivity index (χ0n) is 20.0. The van der Waals surface area contributed by atoms with E-state index >= 15 is 0 Å². The number of hydrazone groups is 1. The smallest absolute Gasteiger partial charge is 0.277 e. The molecule has 0 saturated heterocycles. The zero-order valence-corrected chi connectivity index (χ0v) is 20.0. The van der Waals surface area contributed by atoms with Crippen molar-refractivity contribution in [3.8, 4) is 5.75 Å². The second-order valence-electron chi connectivity index (χ2n) is 8.55. The molecule has 0 radical (unpaired) electrons. The molecular formula is C29H31N3O2. The molecule has 5 nitrogen and oxygen atoms in total. The first-order valence-corrected chi connectivity index (χ1v) is 11.7. The monoisotopic (exact) mass is 453 g/mol. The Kier molecular flexibility index (Phi) is 7.43. The van der Waals surface area contributed by atoms with Gasteiger partial charge in [-0.1, -0.05) is 74.5 Å². The van der Waals surface area contributed by atoms with Crippen LogP contribution in [0.25, 0.3) is 10.9 Å². The minimum Gasteiger partial charge on any atom is -0.484 e. The molecule has 4 rings (SSSR count). The average molecular weight is 454 g/mol. The van der Waals surface area contributed by atoms with Crippen molar-refractivity contribution in [2.24, 2.45) is 5.10 Å². The van der Waals surface area contributed by atoms with Gasteiger partial charge >= 0.3 is 0 Å². The Balaban J connectivity index is 1.41. The normalized spacial score (nSPS) is 12.2. The summed E-state index contributed by atoms with van der Waals surface area (Å²) in [6.07, 6.45) is 2.81. The van der Waals surface area contributed by atoms with E-state index < -0.39 is 0 Å². The van der Waals surface area contributed by atoms with Crippen LogP contribution in [0, 0.1) is 6.92 Å². The van der Waals surface area contributed by atoms with E-state index in [0.717, 1.165) is 35.1 Å². The first kappa shape index (κ1) is 23.3. The number of carbonyl (C=O) groups is 1. The van der Waals surface area contributed by atoms with E-state index in [9.17, 15) is 4.79 Å². The number of nitrogens with zero attached hydrogens (tertiary/aromatic N) is 2. The third-order valence-corrected chi connectivity index (χ3v) is 6.28. The lowest BCUT2D eigenvalue weighted by Crippen LogP contribution is -2.24. The van der Waals surface area contributed by atoms with Crippen molar-refractivity contribution >= 4 is 23.0 Å². The largest absolute Gasteiger partial charge is 0.484 e. The maximum atomic E-state index is 12.3. The minimum atomic E-state index is -0.298. The number of rotatable bonds is 9. The molecular weight excluding hydrogens is 422 g/mol. The molecule has 0 aliphatic heterocycles. The second-order valence-corrected chi connectivity index (χ2v) is 8.55. The van der Waals surface area contributed by atoms with E-state index in [1.807, 2.05) is 42.5 Å². The van der Waals surface area contributed by atoms with Crippen LogP contribution in [0.4, 0.5) is 0 Å². The van der Waals surface area contributed by atoms with Crippen molar-refractivity contribution in [2.45, 2.75) is 39.7 Å². The number of amides is 1. The Hall–Kier alpha value is -3.86. The number of aromatic nitrogens is 1. The van der Waals surface area contributed by atoms with E-state index in [4.69, 9.17) is 4.74 Å². The Morgan fingerprint density at radius 1 is 1.03 bits per heavy atom. The van der Waals surface area contributed by atoms with Crippen molar-refractivity contribution in [3.05, 3.63) is 101 Å². The third-order valence-electron chi connectivity index (χ3n) is 6.28. The van der Waals surface area contributed by atoms with E-state index in [1.54, 1.807) is 6.21 Å². The number of ether oxygens (including phenoxy) is 1. The third kappa shape index (κ3) is 5.37. The van der Waals surface area contributed by atoms with Gasteiger partial charge in [0.15, 0.2) is 6.61 Å². The zero-order chi connectivity index (χ0) is 23.9. The lowest BCUT2D eigenvalue weighted by Gasteiger charge is -2.10. The fourth-order valence-corrected chi connectivity index (χ4v) is 4.07. The van der Waals surface area contributed by atoms with Crippen LogP contribution in [0.15, 0.2) is 84.0 Å². The highest BCUT2D eigenvalue weighted by atomic mass is 16.5. The van der Waals surface area contributed by atoms with E-state index in [1.165, 1.54) is 11.1 Å². The van der Waals surface area contributed by atoms with E-state index in [0.29, 0.717) is 11.7 Å². The van der Waals surface area contributed by atoms with E-state index in [2.05, 4.69) is 72.3 Å². The summed E-state index contributed by atoms with van der Waals surface area (Å²) < 4.78 is 7.89. The molecule has 0 aliphatic carbocycles. The molecule has 5 heteroatoms. The van der Waals surface area contributed by atoms with Gasteiger partial charge in [-0.05, 0) is 48.6 Å². The average Bonchev–Trinajstić information content (AvgIpc) is 3.14. The molecule has 1 heterocycles. The van der Waals surface area contributed by atoms with Crippen molar-refractivity contribution in [3.63, 3.8) is 0 Å². The van der Waals surface area contributed by atoms with Crippen LogP contribution >= 0.6 is 0 Å². The van der Waals surface area contributed by atoms with Crippen LogP contribution in [0.1, 0.15) is 48.6 Å². The van der Waals surface area contributed by atoms with Crippen molar-refractivity contribution in [1.29, 1.82) is 0 Å². The minimum absolute atomic E-state index is 0.0885. The van der Waals surface area contributed by atoms with Crippen LogP contribution in [0.5, 0.6) is 5.75 Å². The molecule has 1 amide bonds. The molecule has 0 fully saturated rings. The summed E-state index contributed by atoms with van der Waals surface area (Å²) in [5, 5.41) is 5.32. The van der Waals surface area contributed by atoms with Gasteiger partial charge in [0, 0.05) is 28.7 Å². The Morgan fingerprint density at radius 3 is 2.47 bits per heavy atom. The molecule has 3 aromatic carbocycles. The summed E-state index contributed by atoms with van der Waals surface area (Å²) in [4.78, 5) is 12.3. The van der Waals surface area contributed by atoms with Gasteiger partial charge in [0.2, 0.25) is 0 Å². The summed E-state index contributed by atoms with van der Waals surface area (Å²) in [5.41, 5.74) is 8.32. The number of hydrogen-bond donors (Lipinski definition) is 1. The van der Waals surface area contributed by atoms with Crippen molar-refractivity contribution in [2.75, 3.05) is 6.61 Å². The Labute approximate surface area is 201 Å². The van der Waals surface area contributed by atoms with Gasteiger partial charge in [-0.15, -0.1) is 0 Å². The highest BCUT2D eigenvalue weighted by molar-refractivity contribution is 6.01. The molecule has 0 spiro atoms. The SMILES string of the molecule is CCC(C)c1ccc(OCC(=O)N/N=C/c2c(C)n(Cc3ccccc3)c3ccccc23)cc1. The number of para-hydroxylation sites is 1. The molecule has 1 N–H and O–H groups in total. The molecule has 0 aliphatic rings.